The van der Waals surface area contributed by atoms with E-state index in [9.17, 15) is 0 Å². The van der Waals surface area contributed by atoms with E-state index in [2.05, 4.69) is 20.0 Å². The molecule has 58 valence electrons. The van der Waals surface area contributed by atoms with Crippen molar-refractivity contribution in [2.24, 2.45) is 0 Å². The fourth-order valence-electron chi connectivity index (χ4n) is 1.42. The van der Waals surface area contributed by atoms with E-state index >= 15 is 0 Å². The Morgan fingerprint density at radius 3 is 3.00 bits per heavy atom. The normalized spacial score (nSPS) is 40.8. The molecule has 0 amide bonds. The molecule has 0 spiro atoms. The Hall–Kier alpha value is 1.74. The standard InChI is InChI=1S/C6H10S2Se2/c1-2-4-6-5(3-1)7-8-10-9-6/h5-6H,1-4H2. The zero-order chi connectivity index (χ0) is 6.81. The van der Waals surface area contributed by atoms with Crippen molar-refractivity contribution in [3.63, 3.8) is 0 Å². The Kier molecular flexibility index (Phi) is 3.43. The first-order chi connectivity index (χ1) is 4.97. The molecule has 2 unspecified atom stereocenters. The van der Waals surface area contributed by atoms with E-state index in [4.69, 9.17) is 0 Å². The summed E-state index contributed by atoms with van der Waals surface area (Å²) in [7, 11) is 4.39. The van der Waals surface area contributed by atoms with Crippen molar-refractivity contribution in [3.8, 4) is 0 Å². The quantitative estimate of drug-likeness (QED) is 0.498. The van der Waals surface area contributed by atoms with Crippen LogP contribution < -0.4 is 0 Å². The van der Waals surface area contributed by atoms with Gasteiger partial charge in [0.25, 0.3) is 0 Å². The number of hydrogen-bond donors (Lipinski definition) is 0. The van der Waals surface area contributed by atoms with Crippen molar-refractivity contribution in [2.45, 2.75) is 35.7 Å². The summed E-state index contributed by atoms with van der Waals surface area (Å²) in [5, 5.41) is 1.08. The van der Waals surface area contributed by atoms with E-state index in [0.717, 1.165) is 30.4 Å². The topological polar surface area (TPSA) is 0 Å². The van der Waals surface area contributed by atoms with Crippen molar-refractivity contribution in [1.29, 1.82) is 0 Å². The summed E-state index contributed by atoms with van der Waals surface area (Å²) in [5.74, 6) is 0. The summed E-state index contributed by atoms with van der Waals surface area (Å²) in [4.78, 5) is 1.19. The van der Waals surface area contributed by atoms with Crippen LogP contribution in [0.2, 0.25) is 4.82 Å². The second kappa shape index (κ2) is 4.11. The molecule has 2 aliphatic rings. The van der Waals surface area contributed by atoms with Crippen LogP contribution in [0.1, 0.15) is 25.7 Å². The zero-order valence-corrected chi connectivity index (χ0v) is 10.7. The van der Waals surface area contributed by atoms with Gasteiger partial charge in [-0.15, -0.1) is 0 Å². The van der Waals surface area contributed by atoms with Gasteiger partial charge in [-0.05, 0) is 0 Å². The average molecular weight is 304 g/mol. The summed E-state index contributed by atoms with van der Waals surface area (Å²) in [6, 6.07) is 0. The van der Waals surface area contributed by atoms with Crippen LogP contribution in [0.3, 0.4) is 0 Å². The van der Waals surface area contributed by atoms with Crippen molar-refractivity contribution in [3.05, 3.63) is 0 Å². The Balaban J connectivity index is 1.93. The van der Waals surface area contributed by atoms with Crippen molar-refractivity contribution in [1.82, 2.24) is 0 Å². The maximum absolute atomic E-state index is 2.21. The molecule has 2 fully saturated rings. The van der Waals surface area contributed by atoms with Crippen LogP contribution in [-0.2, 0) is 0 Å². The molecule has 0 nitrogen and oxygen atoms in total. The molecule has 2 rings (SSSR count). The van der Waals surface area contributed by atoms with Crippen LogP contribution in [0, 0.1) is 0 Å². The Bertz CT molecular complexity index is 94.3. The van der Waals surface area contributed by atoms with E-state index in [-0.39, 0.29) is 0 Å². The van der Waals surface area contributed by atoms with Gasteiger partial charge in [0.1, 0.15) is 0 Å². The SMILES string of the molecule is C1CCC2[Se][Se]SSC2C1. The summed E-state index contributed by atoms with van der Waals surface area (Å²) in [5.41, 5.74) is 0. The monoisotopic (exact) mass is 306 g/mol. The van der Waals surface area contributed by atoms with Gasteiger partial charge in [0, 0.05) is 0 Å². The third-order valence-corrected chi connectivity index (χ3v) is 20.0. The van der Waals surface area contributed by atoms with Gasteiger partial charge in [-0.2, -0.15) is 0 Å². The predicted molar refractivity (Wildman–Crippen MR) is 52.7 cm³/mol. The van der Waals surface area contributed by atoms with Gasteiger partial charge < -0.3 is 0 Å². The Morgan fingerprint density at radius 1 is 1.20 bits per heavy atom. The summed E-state index contributed by atoms with van der Waals surface area (Å²) in [6.45, 7) is 0. The predicted octanol–water partition coefficient (Wildman–Crippen LogP) is 2.35. The minimum absolute atomic E-state index is 0.982. The fourth-order valence-corrected chi connectivity index (χ4v) is 22.3. The molecule has 1 aliphatic heterocycles. The summed E-state index contributed by atoms with van der Waals surface area (Å²) >= 11 is 2.03. The molecule has 2 atom stereocenters. The van der Waals surface area contributed by atoms with Crippen LogP contribution >= 0.6 is 20.0 Å². The molecular formula is C6H10S2Se2. The van der Waals surface area contributed by atoms with E-state index in [1.807, 2.05) is 0 Å². The number of rotatable bonds is 0. The summed E-state index contributed by atoms with van der Waals surface area (Å²) < 4.78 is 0. The summed E-state index contributed by atoms with van der Waals surface area (Å²) in [6.07, 6.45) is 6.14. The van der Waals surface area contributed by atoms with Crippen molar-refractivity contribution in [2.75, 3.05) is 0 Å². The van der Waals surface area contributed by atoms with Gasteiger partial charge in [-0.1, -0.05) is 0 Å². The van der Waals surface area contributed by atoms with Gasteiger partial charge in [0.2, 0.25) is 0 Å². The van der Waals surface area contributed by atoms with E-state index < -0.39 is 0 Å². The molecule has 0 aromatic rings. The molecular weight excluding hydrogens is 294 g/mol. The van der Waals surface area contributed by atoms with Crippen molar-refractivity contribution < 1.29 is 0 Å². The van der Waals surface area contributed by atoms with Gasteiger partial charge in [-0.3, -0.25) is 0 Å². The second-order valence-electron chi connectivity index (χ2n) is 2.69. The molecule has 0 N–H and O–H groups in total. The van der Waals surface area contributed by atoms with E-state index in [1.165, 1.54) is 24.1 Å². The second-order valence-corrected chi connectivity index (χ2v) is 16.4. The third-order valence-electron chi connectivity index (χ3n) is 2.00. The molecule has 0 radical (unpaired) electrons. The van der Waals surface area contributed by atoms with Crippen molar-refractivity contribution >= 4 is 45.1 Å². The van der Waals surface area contributed by atoms with Gasteiger partial charge >= 0.3 is 80.9 Å². The Labute approximate surface area is 80.4 Å². The molecule has 10 heavy (non-hydrogen) atoms. The maximum atomic E-state index is 2.21. The van der Waals surface area contributed by atoms with Gasteiger partial charge in [0.05, 0.1) is 0 Å². The van der Waals surface area contributed by atoms with Crippen LogP contribution in [-0.4, -0.2) is 30.4 Å². The third kappa shape index (κ3) is 1.91. The molecule has 0 aromatic heterocycles. The first-order valence-electron chi connectivity index (χ1n) is 3.62. The molecule has 1 heterocycles. The first kappa shape index (κ1) is 8.34. The van der Waals surface area contributed by atoms with Gasteiger partial charge in [-0.25, -0.2) is 0 Å². The van der Waals surface area contributed by atoms with Gasteiger partial charge in [0.15, 0.2) is 0 Å². The van der Waals surface area contributed by atoms with Crippen LogP contribution in [0.25, 0.3) is 0 Å². The van der Waals surface area contributed by atoms with Crippen LogP contribution in [0.5, 0.6) is 0 Å². The molecule has 1 saturated heterocycles. The van der Waals surface area contributed by atoms with E-state index in [0.29, 0.717) is 0 Å². The average Bonchev–Trinajstić information content (AvgIpc) is 2.05. The Morgan fingerprint density at radius 2 is 2.10 bits per heavy atom. The number of fused-ring (bicyclic) bond motifs is 1. The van der Waals surface area contributed by atoms with E-state index in [1.54, 1.807) is 6.42 Å². The molecule has 4 heteroatoms. The molecule has 0 bridgehead atoms. The zero-order valence-electron chi connectivity index (χ0n) is 5.62. The molecule has 1 aliphatic carbocycles. The minimum atomic E-state index is 0.982. The first-order valence-corrected chi connectivity index (χ1v) is 13.2. The molecule has 1 saturated carbocycles. The fraction of sp³-hybridized carbons (Fsp3) is 1.00. The van der Waals surface area contributed by atoms with Crippen LogP contribution in [0.4, 0.5) is 0 Å². The number of hydrogen-bond acceptors (Lipinski definition) is 2. The van der Waals surface area contributed by atoms with Crippen LogP contribution in [0.15, 0.2) is 0 Å². The molecule has 0 aromatic carbocycles.